The Hall–Kier alpha value is -1.02. The standard InChI is InChI=1S/C13H15ClO2/c1-16-12(15)13(8-4-5-9-13)10-6-2-3-7-11(10)14/h2-3,6-7H,4-5,8-9H2,1H3. The van der Waals surface area contributed by atoms with E-state index < -0.39 is 5.41 Å². The van der Waals surface area contributed by atoms with E-state index in [2.05, 4.69) is 0 Å². The van der Waals surface area contributed by atoms with Gasteiger partial charge in [-0.25, -0.2) is 0 Å². The molecule has 0 saturated heterocycles. The number of carbonyl (C=O) groups excluding carboxylic acids is 1. The Labute approximate surface area is 101 Å². The number of benzene rings is 1. The Bertz CT molecular complexity index is 395. The van der Waals surface area contributed by atoms with Gasteiger partial charge in [0.05, 0.1) is 12.5 Å². The molecule has 0 spiro atoms. The number of methoxy groups -OCH3 is 1. The lowest BCUT2D eigenvalue weighted by Gasteiger charge is -2.27. The highest BCUT2D eigenvalue weighted by Gasteiger charge is 2.44. The predicted octanol–water partition coefficient (Wildman–Crippen LogP) is 3.32. The van der Waals surface area contributed by atoms with E-state index in [-0.39, 0.29) is 5.97 Å². The molecule has 3 heteroatoms. The van der Waals surface area contributed by atoms with Gasteiger partial charge in [0.1, 0.15) is 0 Å². The second-order valence-corrected chi connectivity index (χ2v) is 4.67. The Morgan fingerprint density at radius 2 is 1.94 bits per heavy atom. The van der Waals surface area contributed by atoms with Crippen LogP contribution < -0.4 is 0 Å². The van der Waals surface area contributed by atoms with Crippen molar-refractivity contribution < 1.29 is 9.53 Å². The molecule has 0 unspecified atom stereocenters. The Morgan fingerprint density at radius 1 is 1.31 bits per heavy atom. The molecule has 0 N–H and O–H groups in total. The van der Waals surface area contributed by atoms with Crippen molar-refractivity contribution >= 4 is 17.6 Å². The number of halogens is 1. The second kappa shape index (κ2) is 4.46. The van der Waals surface area contributed by atoms with Crippen molar-refractivity contribution in [1.29, 1.82) is 0 Å². The molecule has 1 fully saturated rings. The van der Waals surface area contributed by atoms with Gasteiger partial charge < -0.3 is 4.74 Å². The molecule has 1 aliphatic rings. The van der Waals surface area contributed by atoms with Crippen LogP contribution in [0.15, 0.2) is 24.3 Å². The maximum atomic E-state index is 12.0. The monoisotopic (exact) mass is 238 g/mol. The van der Waals surface area contributed by atoms with Gasteiger partial charge in [0, 0.05) is 5.02 Å². The third-order valence-electron chi connectivity index (χ3n) is 3.42. The molecule has 0 amide bonds. The first-order valence-corrected chi connectivity index (χ1v) is 5.92. The minimum Gasteiger partial charge on any atom is -0.468 e. The van der Waals surface area contributed by atoms with Gasteiger partial charge in [-0.05, 0) is 24.5 Å². The lowest BCUT2D eigenvalue weighted by molar-refractivity contribution is -0.147. The van der Waals surface area contributed by atoms with E-state index in [0.29, 0.717) is 5.02 Å². The van der Waals surface area contributed by atoms with Crippen molar-refractivity contribution in [3.8, 4) is 0 Å². The number of hydrogen-bond acceptors (Lipinski definition) is 2. The number of carbonyl (C=O) groups is 1. The van der Waals surface area contributed by atoms with Crippen LogP contribution in [0.1, 0.15) is 31.2 Å². The zero-order chi connectivity index (χ0) is 11.6. The fourth-order valence-corrected chi connectivity index (χ4v) is 2.92. The highest BCUT2D eigenvalue weighted by Crippen LogP contribution is 2.44. The average Bonchev–Trinajstić information content (AvgIpc) is 2.79. The summed E-state index contributed by atoms with van der Waals surface area (Å²) in [6.07, 6.45) is 3.79. The lowest BCUT2D eigenvalue weighted by Crippen LogP contribution is -2.34. The first-order valence-electron chi connectivity index (χ1n) is 5.54. The lowest BCUT2D eigenvalue weighted by atomic mass is 9.79. The molecule has 0 bridgehead atoms. The summed E-state index contributed by atoms with van der Waals surface area (Å²) in [5.41, 5.74) is 0.411. The zero-order valence-corrected chi connectivity index (χ0v) is 10.1. The van der Waals surface area contributed by atoms with Crippen LogP contribution in [0.2, 0.25) is 5.02 Å². The van der Waals surface area contributed by atoms with Gasteiger partial charge >= 0.3 is 5.97 Å². The molecule has 1 aromatic rings. The molecule has 2 rings (SSSR count). The predicted molar refractivity (Wildman–Crippen MR) is 63.6 cm³/mol. The van der Waals surface area contributed by atoms with Crippen LogP contribution in [-0.2, 0) is 14.9 Å². The van der Waals surface area contributed by atoms with Crippen molar-refractivity contribution in [1.82, 2.24) is 0 Å². The molecular formula is C13H15ClO2. The van der Waals surface area contributed by atoms with Crippen molar-refractivity contribution in [3.05, 3.63) is 34.9 Å². The Balaban J connectivity index is 2.48. The Morgan fingerprint density at radius 3 is 2.50 bits per heavy atom. The maximum Gasteiger partial charge on any atom is 0.316 e. The smallest absolute Gasteiger partial charge is 0.316 e. The minimum atomic E-state index is -0.507. The van der Waals surface area contributed by atoms with Crippen molar-refractivity contribution in [2.75, 3.05) is 7.11 Å². The van der Waals surface area contributed by atoms with Gasteiger partial charge in [-0.15, -0.1) is 0 Å². The molecule has 0 aromatic heterocycles. The van der Waals surface area contributed by atoms with E-state index in [1.165, 1.54) is 7.11 Å². The highest BCUT2D eigenvalue weighted by molar-refractivity contribution is 6.31. The van der Waals surface area contributed by atoms with Crippen molar-refractivity contribution in [2.45, 2.75) is 31.1 Å². The average molecular weight is 239 g/mol. The molecule has 16 heavy (non-hydrogen) atoms. The zero-order valence-electron chi connectivity index (χ0n) is 9.33. The largest absolute Gasteiger partial charge is 0.468 e. The van der Waals surface area contributed by atoms with E-state index in [4.69, 9.17) is 16.3 Å². The summed E-state index contributed by atoms with van der Waals surface area (Å²) in [6.45, 7) is 0. The number of hydrogen-bond donors (Lipinski definition) is 0. The number of ether oxygens (including phenoxy) is 1. The van der Waals surface area contributed by atoms with Gasteiger partial charge in [0.25, 0.3) is 0 Å². The summed E-state index contributed by atoms with van der Waals surface area (Å²) < 4.78 is 4.95. The fourth-order valence-electron chi connectivity index (χ4n) is 2.61. The van der Waals surface area contributed by atoms with Gasteiger partial charge in [-0.3, -0.25) is 4.79 Å². The van der Waals surface area contributed by atoms with Crippen LogP contribution in [0.5, 0.6) is 0 Å². The van der Waals surface area contributed by atoms with Gasteiger partial charge in [0.2, 0.25) is 0 Å². The summed E-state index contributed by atoms with van der Waals surface area (Å²) >= 11 is 6.19. The van der Waals surface area contributed by atoms with E-state index in [1.54, 1.807) is 0 Å². The third kappa shape index (κ3) is 1.71. The molecule has 0 heterocycles. The molecule has 0 aliphatic heterocycles. The molecule has 2 nitrogen and oxygen atoms in total. The van der Waals surface area contributed by atoms with Crippen LogP contribution >= 0.6 is 11.6 Å². The van der Waals surface area contributed by atoms with Gasteiger partial charge in [-0.1, -0.05) is 42.6 Å². The van der Waals surface area contributed by atoms with E-state index in [1.807, 2.05) is 24.3 Å². The summed E-state index contributed by atoms with van der Waals surface area (Å²) in [5, 5.41) is 0.662. The molecule has 1 aliphatic carbocycles. The molecule has 0 atom stereocenters. The topological polar surface area (TPSA) is 26.3 Å². The molecule has 86 valence electrons. The minimum absolute atomic E-state index is 0.155. The third-order valence-corrected chi connectivity index (χ3v) is 3.75. The molecule has 1 aromatic carbocycles. The highest BCUT2D eigenvalue weighted by atomic mass is 35.5. The van der Waals surface area contributed by atoms with Crippen LogP contribution in [0, 0.1) is 0 Å². The number of rotatable bonds is 2. The summed E-state index contributed by atoms with van der Waals surface area (Å²) in [7, 11) is 1.44. The van der Waals surface area contributed by atoms with Crippen molar-refractivity contribution in [3.63, 3.8) is 0 Å². The SMILES string of the molecule is COC(=O)C1(c2ccccc2Cl)CCCC1. The quantitative estimate of drug-likeness (QED) is 0.739. The first-order chi connectivity index (χ1) is 7.70. The Kier molecular flexibility index (Phi) is 3.20. The number of esters is 1. The normalized spacial score (nSPS) is 18.4. The second-order valence-electron chi connectivity index (χ2n) is 4.26. The maximum absolute atomic E-state index is 12.0. The fraction of sp³-hybridized carbons (Fsp3) is 0.462. The summed E-state index contributed by atoms with van der Waals surface area (Å²) in [4.78, 5) is 12.0. The van der Waals surface area contributed by atoms with Gasteiger partial charge in [0.15, 0.2) is 0 Å². The van der Waals surface area contributed by atoms with E-state index in [0.717, 1.165) is 31.2 Å². The molecular weight excluding hydrogens is 224 g/mol. The summed E-state index contributed by atoms with van der Waals surface area (Å²) in [6, 6.07) is 7.57. The van der Waals surface area contributed by atoms with E-state index in [9.17, 15) is 4.79 Å². The van der Waals surface area contributed by atoms with Crippen LogP contribution in [-0.4, -0.2) is 13.1 Å². The van der Waals surface area contributed by atoms with Crippen molar-refractivity contribution in [2.24, 2.45) is 0 Å². The van der Waals surface area contributed by atoms with Crippen LogP contribution in [0.25, 0.3) is 0 Å². The summed E-state index contributed by atoms with van der Waals surface area (Å²) in [5.74, 6) is -0.155. The van der Waals surface area contributed by atoms with Crippen LogP contribution in [0.4, 0.5) is 0 Å². The molecule has 0 radical (unpaired) electrons. The molecule has 1 saturated carbocycles. The van der Waals surface area contributed by atoms with E-state index >= 15 is 0 Å². The van der Waals surface area contributed by atoms with Gasteiger partial charge in [-0.2, -0.15) is 0 Å². The van der Waals surface area contributed by atoms with Crippen LogP contribution in [0.3, 0.4) is 0 Å². The first kappa shape index (κ1) is 11.5.